The SMILES string of the molecule is C=CC[C@H]1O[C@H](COC(=O)c2ccccc2)[C@@H](OC(=O)c2ccccc2)[C@H](OC(=O)c2ccccc2)[C@H]1O. The van der Waals surface area contributed by atoms with Crippen molar-refractivity contribution in [3.63, 3.8) is 0 Å². The van der Waals surface area contributed by atoms with E-state index in [2.05, 4.69) is 6.58 Å². The van der Waals surface area contributed by atoms with E-state index in [1.807, 2.05) is 0 Å². The summed E-state index contributed by atoms with van der Waals surface area (Å²) in [5.74, 6) is -2.03. The molecule has 1 aliphatic heterocycles. The second-order valence-electron chi connectivity index (χ2n) is 8.66. The number of benzene rings is 3. The third-order valence-corrected chi connectivity index (χ3v) is 6.05. The van der Waals surface area contributed by atoms with E-state index in [0.29, 0.717) is 5.56 Å². The van der Waals surface area contributed by atoms with Crippen LogP contribution in [0.4, 0.5) is 0 Å². The summed E-state index contributed by atoms with van der Waals surface area (Å²) in [5, 5.41) is 11.1. The molecular formula is C30H28O8. The van der Waals surface area contributed by atoms with E-state index in [-0.39, 0.29) is 24.2 Å². The standard InChI is InChI=1S/C30H28O8/c1-2-12-23-25(31)27(38-30(34)22-17-10-5-11-18-22)26(37-29(33)21-15-8-4-9-16-21)24(36-23)19-35-28(32)20-13-6-3-7-14-20/h2-11,13-18,23-27,31H,1,12,19H2/t23-,24-,25+,26-,27-/m1/s1. The monoisotopic (exact) mass is 516 g/mol. The lowest BCUT2D eigenvalue weighted by molar-refractivity contribution is -0.227. The van der Waals surface area contributed by atoms with Gasteiger partial charge < -0.3 is 24.1 Å². The molecule has 0 bridgehead atoms. The van der Waals surface area contributed by atoms with Crippen molar-refractivity contribution < 1.29 is 38.4 Å². The van der Waals surface area contributed by atoms with Gasteiger partial charge in [-0.25, -0.2) is 14.4 Å². The largest absolute Gasteiger partial charge is 0.459 e. The van der Waals surface area contributed by atoms with Gasteiger partial charge in [0.2, 0.25) is 0 Å². The number of carbonyl (C=O) groups excluding carboxylic acids is 3. The molecule has 1 aliphatic rings. The van der Waals surface area contributed by atoms with Crippen molar-refractivity contribution in [1.82, 2.24) is 0 Å². The predicted octanol–water partition coefficient (Wildman–Crippen LogP) is 4.00. The van der Waals surface area contributed by atoms with Gasteiger partial charge >= 0.3 is 17.9 Å². The van der Waals surface area contributed by atoms with E-state index >= 15 is 0 Å². The van der Waals surface area contributed by atoms with Gasteiger partial charge in [0.1, 0.15) is 18.8 Å². The lowest BCUT2D eigenvalue weighted by Gasteiger charge is -2.43. The average molecular weight is 517 g/mol. The van der Waals surface area contributed by atoms with Crippen LogP contribution in [0.1, 0.15) is 37.5 Å². The third-order valence-electron chi connectivity index (χ3n) is 6.05. The minimum Gasteiger partial charge on any atom is -0.459 e. The second-order valence-corrected chi connectivity index (χ2v) is 8.66. The molecule has 3 aromatic rings. The Hall–Kier alpha value is -4.27. The first-order valence-corrected chi connectivity index (χ1v) is 12.2. The first-order chi connectivity index (χ1) is 18.5. The zero-order valence-corrected chi connectivity index (χ0v) is 20.6. The van der Waals surface area contributed by atoms with Crippen LogP contribution in [-0.4, -0.2) is 60.1 Å². The van der Waals surface area contributed by atoms with Crippen molar-refractivity contribution in [2.45, 2.75) is 36.9 Å². The van der Waals surface area contributed by atoms with Crippen LogP contribution in [0, 0.1) is 0 Å². The van der Waals surface area contributed by atoms with Gasteiger partial charge in [0, 0.05) is 0 Å². The Balaban J connectivity index is 1.62. The number of ether oxygens (including phenoxy) is 4. The Morgan fingerprint density at radius 1 is 0.711 bits per heavy atom. The first-order valence-electron chi connectivity index (χ1n) is 12.2. The summed E-state index contributed by atoms with van der Waals surface area (Å²) in [5.41, 5.74) is 0.839. The summed E-state index contributed by atoms with van der Waals surface area (Å²) in [7, 11) is 0. The van der Waals surface area contributed by atoms with Crippen molar-refractivity contribution in [3.05, 3.63) is 120 Å². The van der Waals surface area contributed by atoms with Crippen LogP contribution < -0.4 is 0 Å². The van der Waals surface area contributed by atoms with Gasteiger partial charge in [-0.15, -0.1) is 6.58 Å². The first kappa shape index (κ1) is 26.8. The predicted molar refractivity (Wildman–Crippen MR) is 137 cm³/mol. The van der Waals surface area contributed by atoms with Crippen LogP contribution in [0.5, 0.6) is 0 Å². The van der Waals surface area contributed by atoms with E-state index in [1.165, 1.54) is 0 Å². The molecule has 0 saturated carbocycles. The summed E-state index contributed by atoms with van der Waals surface area (Å²) in [6, 6.07) is 24.9. The van der Waals surface area contributed by atoms with Crippen LogP contribution in [0.3, 0.4) is 0 Å². The van der Waals surface area contributed by atoms with E-state index in [0.717, 1.165) is 0 Å². The van der Waals surface area contributed by atoms with Gasteiger partial charge in [0.15, 0.2) is 12.2 Å². The molecule has 0 radical (unpaired) electrons. The molecule has 0 aromatic heterocycles. The summed E-state index contributed by atoms with van der Waals surface area (Å²) in [6.07, 6.45) is -4.08. The third kappa shape index (κ3) is 6.53. The summed E-state index contributed by atoms with van der Waals surface area (Å²) in [6.45, 7) is 3.38. The van der Waals surface area contributed by atoms with E-state index in [9.17, 15) is 19.5 Å². The maximum Gasteiger partial charge on any atom is 0.338 e. The van der Waals surface area contributed by atoms with Crippen LogP contribution >= 0.6 is 0 Å². The molecule has 0 spiro atoms. The molecule has 1 saturated heterocycles. The van der Waals surface area contributed by atoms with Crippen LogP contribution in [0.2, 0.25) is 0 Å². The maximum absolute atomic E-state index is 13.0. The molecule has 8 heteroatoms. The summed E-state index contributed by atoms with van der Waals surface area (Å²) >= 11 is 0. The Bertz CT molecular complexity index is 1230. The van der Waals surface area contributed by atoms with Crippen molar-refractivity contribution >= 4 is 17.9 Å². The Labute approximate surface area is 220 Å². The molecular weight excluding hydrogens is 488 g/mol. The zero-order valence-electron chi connectivity index (χ0n) is 20.6. The molecule has 196 valence electrons. The minimum absolute atomic E-state index is 0.211. The van der Waals surface area contributed by atoms with Crippen LogP contribution in [-0.2, 0) is 18.9 Å². The fraction of sp³-hybridized carbons (Fsp3) is 0.233. The molecule has 5 atom stereocenters. The van der Waals surface area contributed by atoms with Gasteiger partial charge in [0.05, 0.1) is 22.8 Å². The fourth-order valence-electron chi connectivity index (χ4n) is 4.12. The molecule has 3 aromatic carbocycles. The van der Waals surface area contributed by atoms with E-state index in [4.69, 9.17) is 18.9 Å². The van der Waals surface area contributed by atoms with Crippen LogP contribution in [0.15, 0.2) is 104 Å². The van der Waals surface area contributed by atoms with Crippen molar-refractivity contribution in [3.8, 4) is 0 Å². The van der Waals surface area contributed by atoms with Gasteiger partial charge in [-0.1, -0.05) is 60.7 Å². The molecule has 1 heterocycles. The van der Waals surface area contributed by atoms with Crippen molar-refractivity contribution in [2.24, 2.45) is 0 Å². The lowest BCUT2D eigenvalue weighted by Crippen LogP contribution is -2.61. The average Bonchev–Trinajstić information content (AvgIpc) is 2.96. The maximum atomic E-state index is 13.0. The highest BCUT2D eigenvalue weighted by Gasteiger charge is 2.50. The van der Waals surface area contributed by atoms with Crippen molar-refractivity contribution in [1.29, 1.82) is 0 Å². The molecule has 4 rings (SSSR count). The highest BCUT2D eigenvalue weighted by atomic mass is 16.6. The Kier molecular flexibility index (Phi) is 9.02. The highest BCUT2D eigenvalue weighted by Crippen LogP contribution is 2.30. The number of aliphatic hydroxyl groups excluding tert-OH is 1. The molecule has 0 aliphatic carbocycles. The summed E-state index contributed by atoms with van der Waals surface area (Å²) in [4.78, 5) is 38.6. The molecule has 1 N–H and O–H groups in total. The molecule has 38 heavy (non-hydrogen) atoms. The zero-order chi connectivity index (χ0) is 26.9. The quantitative estimate of drug-likeness (QED) is 0.258. The van der Waals surface area contributed by atoms with E-state index < -0.39 is 48.4 Å². The van der Waals surface area contributed by atoms with Gasteiger partial charge in [-0.05, 0) is 42.8 Å². The summed E-state index contributed by atoms with van der Waals surface area (Å²) < 4.78 is 23.0. The smallest absolute Gasteiger partial charge is 0.338 e. The lowest BCUT2D eigenvalue weighted by atomic mass is 9.92. The molecule has 0 unspecified atom stereocenters. The molecule has 1 fully saturated rings. The number of carbonyl (C=O) groups is 3. The molecule has 0 amide bonds. The number of aliphatic hydroxyl groups is 1. The van der Waals surface area contributed by atoms with Crippen molar-refractivity contribution in [2.75, 3.05) is 6.61 Å². The molecule has 8 nitrogen and oxygen atoms in total. The fourth-order valence-corrected chi connectivity index (χ4v) is 4.12. The number of rotatable bonds is 9. The van der Waals surface area contributed by atoms with Gasteiger partial charge in [-0.2, -0.15) is 0 Å². The van der Waals surface area contributed by atoms with Gasteiger partial charge in [0.25, 0.3) is 0 Å². The Morgan fingerprint density at radius 3 is 1.63 bits per heavy atom. The number of hydrogen-bond acceptors (Lipinski definition) is 8. The highest BCUT2D eigenvalue weighted by molar-refractivity contribution is 5.90. The topological polar surface area (TPSA) is 108 Å². The van der Waals surface area contributed by atoms with Crippen LogP contribution in [0.25, 0.3) is 0 Å². The minimum atomic E-state index is -1.35. The normalized spacial score (nSPS) is 22.6. The number of esters is 3. The van der Waals surface area contributed by atoms with E-state index in [1.54, 1.807) is 97.1 Å². The second kappa shape index (κ2) is 12.8. The Morgan fingerprint density at radius 2 is 1.16 bits per heavy atom. The number of hydrogen-bond donors (Lipinski definition) is 1. The van der Waals surface area contributed by atoms with Gasteiger partial charge in [-0.3, -0.25) is 0 Å².